The van der Waals surface area contributed by atoms with Crippen molar-refractivity contribution in [2.24, 2.45) is 0 Å². The number of rotatable bonds is 7. The molecule has 32 heavy (non-hydrogen) atoms. The third kappa shape index (κ3) is 5.13. The average Bonchev–Trinajstić information content (AvgIpc) is 3.32. The zero-order chi connectivity index (χ0) is 22.7. The van der Waals surface area contributed by atoms with Crippen LogP contribution in [0.2, 0.25) is 0 Å². The lowest BCUT2D eigenvalue weighted by atomic mass is 9.87. The van der Waals surface area contributed by atoms with Crippen molar-refractivity contribution in [1.29, 1.82) is 0 Å². The molecule has 0 saturated heterocycles. The molecule has 8 heteroatoms. The van der Waals surface area contributed by atoms with Crippen LogP contribution in [0.15, 0.2) is 53.9 Å². The molecule has 0 aliphatic carbocycles. The van der Waals surface area contributed by atoms with E-state index >= 15 is 0 Å². The first kappa shape index (κ1) is 22.0. The van der Waals surface area contributed by atoms with E-state index in [1.165, 1.54) is 29.0 Å². The molecular formula is C24H25FN4O2S. The fourth-order valence-corrected chi connectivity index (χ4v) is 4.05. The lowest BCUT2D eigenvalue weighted by molar-refractivity contribution is -0.116. The van der Waals surface area contributed by atoms with E-state index < -0.39 is 0 Å². The number of anilines is 1. The summed E-state index contributed by atoms with van der Waals surface area (Å²) in [6.45, 7) is 6.96. The maximum atomic E-state index is 13.2. The fraction of sp³-hybridized carbons (Fsp3) is 0.292. The van der Waals surface area contributed by atoms with Crippen LogP contribution < -0.4 is 10.1 Å². The van der Waals surface area contributed by atoms with Crippen LogP contribution in [-0.4, -0.2) is 27.1 Å². The summed E-state index contributed by atoms with van der Waals surface area (Å²) in [5.41, 5.74) is 2.97. The SMILES string of the molecule is CC(C)(C)c1ccc(OCCCC(=O)Nc2nc3scc(-c4ccc(F)cc4)n3n2)cc1. The van der Waals surface area contributed by atoms with Gasteiger partial charge in [-0.2, -0.15) is 4.98 Å². The van der Waals surface area contributed by atoms with Gasteiger partial charge in [-0.25, -0.2) is 8.91 Å². The summed E-state index contributed by atoms with van der Waals surface area (Å²) in [7, 11) is 0. The Balaban J connectivity index is 1.28. The largest absolute Gasteiger partial charge is 0.494 e. The Labute approximate surface area is 190 Å². The van der Waals surface area contributed by atoms with Crippen LogP contribution in [0.25, 0.3) is 16.2 Å². The molecule has 2 aromatic carbocycles. The molecule has 0 saturated carbocycles. The molecule has 0 atom stereocenters. The summed E-state index contributed by atoms with van der Waals surface area (Å²) >= 11 is 1.41. The predicted molar refractivity (Wildman–Crippen MR) is 125 cm³/mol. The summed E-state index contributed by atoms with van der Waals surface area (Å²) < 4.78 is 20.6. The number of nitrogens with one attached hydrogen (secondary N) is 1. The molecule has 0 bridgehead atoms. The van der Waals surface area contributed by atoms with Crippen LogP contribution in [0.1, 0.15) is 39.2 Å². The second-order valence-corrected chi connectivity index (χ2v) is 9.37. The van der Waals surface area contributed by atoms with Gasteiger partial charge in [0.15, 0.2) is 0 Å². The van der Waals surface area contributed by atoms with Crippen molar-refractivity contribution >= 4 is 28.2 Å². The number of hydrogen-bond acceptors (Lipinski definition) is 5. The van der Waals surface area contributed by atoms with Crippen molar-refractivity contribution in [3.63, 3.8) is 0 Å². The number of amides is 1. The van der Waals surface area contributed by atoms with Crippen molar-refractivity contribution in [3.8, 4) is 17.0 Å². The number of halogens is 1. The summed E-state index contributed by atoms with van der Waals surface area (Å²) in [5, 5.41) is 9.01. The van der Waals surface area contributed by atoms with Gasteiger partial charge in [-0.1, -0.05) is 32.9 Å². The molecule has 1 N–H and O–H groups in total. The minimum absolute atomic E-state index is 0.103. The fourth-order valence-electron chi connectivity index (χ4n) is 3.21. The molecule has 6 nitrogen and oxygen atoms in total. The molecule has 2 heterocycles. The summed E-state index contributed by atoms with van der Waals surface area (Å²) in [6.07, 6.45) is 0.883. The molecule has 0 aliphatic rings. The highest BCUT2D eigenvalue weighted by Crippen LogP contribution is 2.26. The molecule has 0 fully saturated rings. The maximum Gasteiger partial charge on any atom is 0.250 e. The highest BCUT2D eigenvalue weighted by molar-refractivity contribution is 7.15. The highest BCUT2D eigenvalue weighted by Gasteiger charge is 2.14. The lowest BCUT2D eigenvalue weighted by Crippen LogP contribution is -2.14. The number of thiazole rings is 1. The van der Waals surface area contributed by atoms with Crippen molar-refractivity contribution in [2.75, 3.05) is 11.9 Å². The van der Waals surface area contributed by atoms with Gasteiger partial charge in [0, 0.05) is 17.4 Å². The maximum absolute atomic E-state index is 13.2. The predicted octanol–water partition coefficient (Wildman–Crippen LogP) is 5.69. The Morgan fingerprint density at radius 3 is 2.53 bits per heavy atom. The number of nitrogens with zero attached hydrogens (tertiary/aromatic N) is 3. The number of ether oxygens (including phenoxy) is 1. The molecular weight excluding hydrogens is 427 g/mol. The Kier molecular flexibility index (Phi) is 6.23. The minimum Gasteiger partial charge on any atom is -0.494 e. The zero-order valence-corrected chi connectivity index (χ0v) is 19.1. The topological polar surface area (TPSA) is 68.5 Å². The van der Waals surface area contributed by atoms with E-state index in [1.807, 2.05) is 17.5 Å². The summed E-state index contributed by atoms with van der Waals surface area (Å²) in [5.74, 6) is 0.586. The van der Waals surface area contributed by atoms with Gasteiger partial charge in [-0.05, 0) is 53.8 Å². The zero-order valence-electron chi connectivity index (χ0n) is 18.3. The number of benzene rings is 2. The Morgan fingerprint density at radius 2 is 1.84 bits per heavy atom. The molecule has 0 aliphatic heterocycles. The highest BCUT2D eigenvalue weighted by atomic mass is 32.1. The van der Waals surface area contributed by atoms with Gasteiger partial charge in [0.05, 0.1) is 12.3 Å². The van der Waals surface area contributed by atoms with E-state index in [0.717, 1.165) is 17.0 Å². The van der Waals surface area contributed by atoms with E-state index in [1.54, 1.807) is 16.6 Å². The van der Waals surface area contributed by atoms with Crippen LogP contribution in [-0.2, 0) is 10.2 Å². The van der Waals surface area contributed by atoms with Gasteiger partial charge in [0.2, 0.25) is 16.8 Å². The summed E-state index contributed by atoms with van der Waals surface area (Å²) in [6, 6.07) is 14.2. The minimum atomic E-state index is -0.294. The van der Waals surface area contributed by atoms with Gasteiger partial charge < -0.3 is 4.74 Å². The van der Waals surface area contributed by atoms with Crippen molar-refractivity contribution in [3.05, 3.63) is 65.3 Å². The van der Waals surface area contributed by atoms with Crippen LogP contribution in [0.3, 0.4) is 0 Å². The number of carbonyl (C=O) groups excluding carboxylic acids is 1. The van der Waals surface area contributed by atoms with Gasteiger partial charge in [-0.3, -0.25) is 10.1 Å². The number of hydrogen-bond donors (Lipinski definition) is 1. The van der Waals surface area contributed by atoms with Gasteiger partial charge in [-0.15, -0.1) is 16.4 Å². The number of fused-ring (bicyclic) bond motifs is 1. The molecule has 166 valence electrons. The molecule has 2 aromatic heterocycles. The van der Waals surface area contributed by atoms with Crippen LogP contribution >= 0.6 is 11.3 Å². The average molecular weight is 453 g/mol. The van der Waals surface area contributed by atoms with Gasteiger partial charge in [0.1, 0.15) is 11.6 Å². The summed E-state index contributed by atoms with van der Waals surface area (Å²) in [4.78, 5) is 17.3. The number of aromatic nitrogens is 3. The third-order valence-electron chi connectivity index (χ3n) is 5.01. The smallest absolute Gasteiger partial charge is 0.250 e. The molecule has 0 spiro atoms. The molecule has 0 radical (unpaired) electrons. The van der Waals surface area contributed by atoms with E-state index in [4.69, 9.17) is 4.74 Å². The monoisotopic (exact) mass is 452 g/mol. The first-order chi connectivity index (χ1) is 15.3. The molecule has 4 aromatic rings. The molecule has 1 amide bonds. The van der Waals surface area contributed by atoms with E-state index in [2.05, 4.69) is 48.3 Å². The number of carbonyl (C=O) groups is 1. The van der Waals surface area contributed by atoms with E-state index in [-0.39, 0.29) is 23.1 Å². The second kappa shape index (κ2) is 9.08. The quantitative estimate of drug-likeness (QED) is 0.366. The Morgan fingerprint density at radius 1 is 1.12 bits per heavy atom. The first-order valence-electron chi connectivity index (χ1n) is 10.4. The van der Waals surface area contributed by atoms with Crippen molar-refractivity contribution in [2.45, 2.75) is 39.0 Å². The first-order valence-corrected chi connectivity index (χ1v) is 11.3. The van der Waals surface area contributed by atoms with Gasteiger partial charge >= 0.3 is 0 Å². The molecule has 0 unspecified atom stereocenters. The van der Waals surface area contributed by atoms with Crippen LogP contribution in [0.4, 0.5) is 10.3 Å². The van der Waals surface area contributed by atoms with Crippen LogP contribution in [0.5, 0.6) is 5.75 Å². The standard InChI is InChI=1S/C24H25FN4O2S/c1-24(2,3)17-8-12-19(13-9-17)31-14-4-5-21(30)26-22-27-23-29(28-22)20(15-32-23)16-6-10-18(25)11-7-16/h6-13,15H,4-5,14H2,1-3H3,(H,26,28,30). The van der Waals surface area contributed by atoms with E-state index in [9.17, 15) is 9.18 Å². The second-order valence-electron chi connectivity index (χ2n) is 8.53. The lowest BCUT2D eigenvalue weighted by Gasteiger charge is -2.19. The van der Waals surface area contributed by atoms with Gasteiger partial charge in [0.25, 0.3) is 0 Å². The third-order valence-corrected chi connectivity index (χ3v) is 5.83. The van der Waals surface area contributed by atoms with Crippen molar-refractivity contribution < 1.29 is 13.9 Å². The van der Waals surface area contributed by atoms with E-state index in [0.29, 0.717) is 24.4 Å². The normalized spacial score (nSPS) is 11.6. The van der Waals surface area contributed by atoms with Crippen LogP contribution in [0, 0.1) is 5.82 Å². The van der Waals surface area contributed by atoms with Crippen molar-refractivity contribution in [1.82, 2.24) is 14.6 Å². The Bertz CT molecular complexity index is 1210. The Hall–Kier alpha value is -3.26. The molecule has 4 rings (SSSR count).